The number of aryl methyl sites for hydroxylation is 1. The molecule has 3 rings (SSSR count). The number of hydrogen-bond acceptors (Lipinski definition) is 5. The van der Waals surface area contributed by atoms with E-state index in [0.717, 1.165) is 5.69 Å². The highest BCUT2D eigenvalue weighted by Gasteiger charge is 2.52. The first-order chi connectivity index (χ1) is 11.4. The maximum absolute atomic E-state index is 12.7. The number of carbonyl (C=O) groups excluding carboxylic acids is 3. The summed E-state index contributed by atoms with van der Waals surface area (Å²) in [4.78, 5) is 43.8. The number of esters is 1. The summed E-state index contributed by atoms with van der Waals surface area (Å²) in [7, 11) is 1.60. The first kappa shape index (κ1) is 16.2. The first-order valence-corrected chi connectivity index (χ1v) is 7.85. The van der Waals surface area contributed by atoms with E-state index in [2.05, 4.69) is 4.99 Å². The summed E-state index contributed by atoms with van der Waals surface area (Å²) in [6.45, 7) is 5.93. The summed E-state index contributed by atoms with van der Waals surface area (Å²) in [5.74, 6) is 0.158. The smallest absolute Gasteiger partial charge is 0.402 e. The van der Waals surface area contributed by atoms with Crippen LogP contribution in [-0.2, 0) is 20.9 Å². The largest absolute Gasteiger partial charge is 0.464 e. The maximum Gasteiger partial charge on any atom is 0.402 e. The number of amidine groups is 1. The molecular weight excluding hydrogens is 314 g/mol. The zero-order valence-electron chi connectivity index (χ0n) is 14.1. The molecule has 0 bridgehead atoms. The van der Waals surface area contributed by atoms with Crippen LogP contribution in [0.1, 0.15) is 25.6 Å². The second-order valence-electron chi connectivity index (χ2n) is 5.67. The van der Waals surface area contributed by atoms with Crippen LogP contribution >= 0.6 is 0 Å². The minimum absolute atomic E-state index is 0.00878. The van der Waals surface area contributed by atoms with Crippen molar-refractivity contribution in [1.29, 1.82) is 0 Å². The van der Waals surface area contributed by atoms with Crippen LogP contribution < -0.4 is 4.57 Å². The van der Waals surface area contributed by atoms with E-state index in [9.17, 15) is 14.4 Å². The molecule has 0 radical (unpaired) electrons. The minimum atomic E-state index is -0.676. The molecular formula is C15H20N5O4+. The molecule has 1 fully saturated rings. The quantitative estimate of drug-likeness (QED) is 0.579. The molecule has 1 atom stereocenters. The normalized spacial score (nSPS) is 19.3. The predicted molar refractivity (Wildman–Crippen MR) is 82.7 cm³/mol. The van der Waals surface area contributed by atoms with Gasteiger partial charge in [0.1, 0.15) is 11.9 Å². The second-order valence-corrected chi connectivity index (χ2v) is 5.67. The molecule has 1 unspecified atom stereocenters. The van der Waals surface area contributed by atoms with Crippen molar-refractivity contribution in [3.8, 4) is 0 Å². The molecule has 2 aliphatic rings. The fourth-order valence-corrected chi connectivity index (χ4v) is 3.05. The fourth-order valence-electron chi connectivity index (χ4n) is 3.05. The third kappa shape index (κ3) is 2.19. The van der Waals surface area contributed by atoms with Crippen LogP contribution in [0, 0.1) is 6.92 Å². The van der Waals surface area contributed by atoms with E-state index in [1.54, 1.807) is 36.2 Å². The summed E-state index contributed by atoms with van der Waals surface area (Å²) in [5.41, 5.74) is 0.788. The Bertz CT molecular complexity index is 766. The monoisotopic (exact) mass is 334 g/mol. The Hall–Kier alpha value is -2.71. The Kier molecular flexibility index (Phi) is 3.86. The molecule has 9 heteroatoms. The van der Waals surface area contributed by atoms with Crippen LogP contribution in [0.2, 0.25) is 0 Å². The summed E-state index contributed by atoms with van der Waals surface area (Å²) >= 11 is 0. The van der Waals surface area contributed by atoms with Crippen molar-refractivity contribution in [1.82, 2.24) is 14.4 Å². The number of likely N-dealkylation sites (N-methyl/N-ethyl adjacent to an activating group) is 2. The Labute approximate surface area is 139 Å². The van der Waals surface area contributed by atoms with Crippen molar-refractivity contribution >= 4 is 29.7 Å². The first-order valence-electron chi connectivity index (χ1n) is 7.85. The van der Waals surface area contributed by atoms with Gasteiger partial charge in [0.05, 0.1) is 6.61 Å². The topological polar surface area (TPSA) is 88.1 Å². The average molecular weight is 334 g/mol. The molecule has 128 valence electrons. The molecule has 2 aliphatic heterocycles. The van der Waals surface area contributed by atoms with Crippen LogP contribution in [-0.4, -0.2) is 58.3 Å². The second kappa shape index (κ2) is 5.73. The number of imide groups is 1. The molecule has 0 spiro atoms. The van der Waals surface area contributed by atoms with Crippen molar-refractivity contribution < 1.29 is 23.7 Å². The number of aromatic nitrogens is 2. The Morgan fingerprint density at radius 1 is 1.38 bits per heavy atom. The van der Waals surface area contributed by atoms with Gasteiger partial charge >= 0.3 is 17.9 Å². The Morgan fingerprint density at radius 2 is 2.08 bits per heavy atom. The predicted octanol–water partition coefficient (Wildman–Crippen LogP) is 0.146. The van der Waals surface area contributed by atoms with Gasteiger partial charge in [0, 0.05) is 13.6 Å². The zero-order valence-corrected chi connectivity index (χ0v) is 14.1. The number of carbonyl (C=O) groups is 3. The van der Waals surface area contributed by atoms with Gasteiger partial charge in [-0.05, 0) is 20.8 Å². The lowest BCUT2D eigenvalue weighted by molar-refractivity contribution is -0.677. The number of amides is 3. The molecule has 24 heavy (non-hydrogen) atoms. The van der Waals surface area contributed by atoms with Gasteiger partial charge in [-0.3, -0.25) is 14.6 Å². The lowest BCUT2D eigenvalue weighted by Gasteiger charge is -2.32. The van der Waals surface area contributed by atoms with Gasteiger partial charge in [-0.15, -0.1) is 0 Å². The van der Waals surface area contributed by atoms with Crippen molar-refractivity contribution in [3.63, 3.8) is 0 Å². The third-order valence-electron chi connectivity index (χ3n) is 4.23. The molecule has 0 N–H and O–H groups in total. The number of fused-ring (bicyclic) bond motifs is 3. The molecule has 3 amide bonds. The van der Waals surface area contributed by atoms with Gasteiger partial charge in [-0.1, -0.05) is 4.99 Å². The molecule has 0 aromatic carbocycles. The molecule has 1 aromatic heterocycles. The van der Waals surface area contributed by atoms with Gasteiger partial charge in [-0.25, -0.2) is 18.7 Å². The van der Waals surface area contributed by atoms with E-state index in [-0.39, 0.29) is 18.4 Å². The van der Waals surface area contributed by atoms with E-state index in [4.69, 9.17) is 4.74 Å². The Balaban J connectivity index is 2.03. The van der Waals surface area contributed by atoms with E-state index in [1.165, 1.54) is 9.80 Å². The van der Waals surface area contributed by atoms with Gasteiger partial charge < -0.3 is 4.74 Å². The summed E-state index contributed by atoms with van der Waals surface area (Å²) in [6.07, 6.45) is 1.77. The number of nitrogens with zero attached hydrogens (tertiary/aromatic N) is 5. The third-order valence-corrected chi connectivity index (χ3v) is 4.23. The number of imidazole rings is 1. The number of urea groups is 1. The summed E-state index contributed by atoms with van der Waals surface area (Å²) in [6, 6.07) is -1.07. The van der Waals surface area contributed by atoms with Crippen molar-refractivity contribution in [3.05, 3.63) is 11.9 Å². The summed E-state index contributed by atoms with van der Waals surface area (Å²) in [5, 5.41) is 0. The van der Waals surface area contributed by atoms with Crippen molar-refractivity contribution in [2.75, 3.05) is 20.2 Å². The Morgan fingerprint density at radius 3 is 2.71 bits per heavy atom. The van der Waals surface area contributed by atoms with Crippen molar-refractivity contribution in [2.24, 2.45) is 4.99 Å². The van der Waals surface area contributed by atoms with Gasteiger partial charge in [0.2, 0.25) is 11.9 Å². The number of aliphatic imine (C=N–C) groups is 1. The number of ether oxygens (including phenoxy) is 1. The van der Waals surface area contributed by atoms with Crippen LogP contribution in [0.4, 0.5) is 10.7 Å². The van der Waals surface area contributed by atoms with Crippen LogP contribution in [0.25, 0.3) is 0 Å². The van der Waals surface area contributed by atoms with Crippen molar-refractivity contribution in [2.45, 2.75) is 33.4 Å². The van der Waals surface area contributed by atoms with E-state index >= 15 is 0 Å². The highest BCUT2D eigenvalue weighted by molar-refractivity contribution is 6.19. The average Bonchev–Trinajstić information content (AvgIpc) is 3.03. The molecule has 9 nitrogen and oxygen atoms in total. The van der Waals surface area contributed by atoms with E-state index in [1.807, 2.05) is 6.92 Å². The molecule has 3 heterocycles. The SMILES string of the molecule is CCOC(=O)Cn1c(C)c[n+]2c1N=C1C2C(=O)N(CC)C(=O)N1C. The minimum Gasteiger partial charge on any atom is -0.464 e. The highest BCUT2D eigenvalue weighted by Crippen LogP contribution is 2.28. The fraction of sp³-hybridized carbons (Fsp3) is 0.533. The summed E-state index contributed by atoms with van der Waals surface area (Å²) < 4.78 is 8.38. The van der Waals surface area contributed by atoms with Gasteiger partial charge in [0.25, 0.3) is 5.91 Å². The van der Waals surface area contributed by atoms with Gasteiger partial charge in [-0.2, -0.15) is 0 Å². The van der Waals surface area contributed by atoms with Crippen LogP contribution in [0.15, 0.2) is 11.2 Å². The zero-order chi connectivity index (χ0) is 17.6. The molecule has 1 aromatic rings. The molecule has 0 saturated carbocycles. The number of hydrogen-bond donors (Lipinski definition) is 0. The molecule has 1 saturated heterocycles. The molecule has 0 aliphatic carbocycles. The lowest BCUT2D eigenvalue weighted by atomic mass is 10.1. The standard InChI is InChI=1S/C15H20N5O4/c1-5-18-13(22)11-12(17(4)15(18)23)16-14-19(8-10(21)24-6-2)9(3)7-20(11)14/h7,11H,5-6,8H2,1-4H3/q+1. The van der Waals surface area contributed by atoms with E-state index in [0.29, 0.717) is 24.9 Å². The lowest BCUT2D eigenvalue weighted by Crippen LogP contribution is -2.62. The number of rotatable bonds is 4. The van der Waals surface area contributed by atoms with Crippen LogP contribution in [0.3, 0.4) is 0 Å². The van der Waals surface area contributed by atoms with E-state index < -0.39 is 12.1 Å². The van der Waals surface area contributed by atoms with Gasteiger partial charge in [0.15, 0.2) is 6.54 Å². The highest BCUT2D eigenvalue weighted by atomic mass is 16.5. The maximum atomic E-state index is 12.7. The van der Waals surface area contributed by atoms with Crippen LogP contribution in [0.5, 0.6) is 0 Å².